The minimum atomic E-state index is 1.02. The van der Waals surface area contributed by atoms with Gasteiger partial charge >= 0.3 is 0 Å². The van der Waals surface area contributed by atoms with Gasteiger partial charge in [-0.2, -0.15) is 0 Å². The fourth-order valence-corrected chi connectivity index (χ4v) is 8.47. The summed E-state index contributed by atoms with van der Waals surface area (Å²) in [5.74, 6) is 0. The quantitative estimate of drug-likeness (QED) is 0.190. The second-order valence-electron chi connectivity index (χ2n) is 12.4. The van der Waals surface area contributed by atoms with Gasteiger partial charge in [0.25, 0.3) is 0 Å². The normalized spacial score (nSPS) is 11.8. The van der Waals surface area contributed by atoms with Gasteiger partial charge in [0.15, 0.2) is 5.65 Å². The Balaban J connectivity index is 1.09. The van der Waals surface area contributed by atoms with Crippen molar-refractivity contribution in [2.24, 2.45) is 0 Å². The number of benzene rings is 7. The molecule has 0 spiro atoms. The molecule has 0 radical (unpaired) electrons. The predicted octanol–water partition coefficient (Wildman–Crippen LogP) is 12.7. The largest absolute Gasteiger partial charge is 0.291 e. The number of aromatic nitrogens is 2. The minimum absolute atomic E-state index is 1.02. The molecule has 7 aromatic carbocycles. The Morgan fingerprint density at radius 2 is 0.958 bits per heavy atom. The van der Waals surface area contributed by atoms with Crippen molar-refractivity contribution in [3.05, 3.63) is 170 Å². The molecule has 0 aliphatic rings. The van der Waals surface area contributed by atoms with E-state index in [1.54, 1.807) is 0 Å². The lowest BCUT2D eigenvalue weighted by molar-refractivity contribution is 1.25. The lowest BCUT2D eigenvalue weighted by Crippen LogP contribution is -1.93. The Labute approximate surface area is 281 Å². The molecule has 0 bridgehead atoms. The fourth-order valence-electron chi connectivity index (χ4n) is 7.31. The number of hydrogen-bond acceptors (Lipinski definition) is 2. The first-order chi connectivity index (χ1) is 23.8. The maximum atomic E-state index is 5.15. The van der Waals surface area contributed by atoms with E-state index in [4.69, 9.17) is 4.98 Å². The molecule has 10 aromatic rings. The van der Waals surface area contributed by atoms with E-state index >= 15 is 0 Å². The molecule has 0 unspecified atom stereocenters. The van der Waals surface area contributed by atoms with Crippen LogP contribution in [0.1, 0.15) is 0 Å². The Morgan fingerprint density at radius 3 is 1.67 bits per heavy atom. The molecule has 0 saturated carbocycles. The highest BCUT2D eigenvalue weighted by Gasteiger charge is 2.18. The molecular formula is C45H28N2S. The smallest absolute Gasteiger partial charge is 0.156 e. The van der Waals surface area contributed by atoms with Crippen molar-refractivity contribution >= 4 is 59.0 Å². The van der Waals surface area contributed by atoms with Crippen LogP contribution in [0, 0.1) is 0 Å². The molecule has 0 N–H and O–H groups in total. The first-order valence-corrected chi connectivity index (χ1v) is 17.1. The van der Waals surface area contributed by atoms with Gasteiger partial charge in [0.2, 0.25) is 0 Å². The second-order valence-corrected chi connectivity index (χ2v) is 13.4. The molecule has 0 atom stereocenters. The Kier molecular flexibility index (Phi) is 6.08. The van der Waals surface area contributed by atoms with Crippen LogP contribution in [0.25, 0.3) is 92.3 Å². The standard InChI is InChI=1S/C45H28N2S/c1-2-10-29(11-3-1)30-18-20-31(21-19-30)34-26-27-35(37-13-5-4-12-36(34)37)32-22-24-33(25-23-32)42-28-39-38-14-6-9-17-43(38)48-44(39)45-46-40-15-7-8-16-41(40)47(42)45/h1-28H. The average molecular weight is 629 g/mol. The summed E-state index contributed by atoms with van der Waals surface area (Å²) in [7, 11) is 0. The van der Waals surface area contributed by atoms with E-state index in [9.17, 15) is 0 Å². The summed E-state index contributed by atoms with van der Waals surface area (Å²) < 4.78 is 4.86. The van der Waals surface area contributed by atoms with Crippen LogP contribution in [0.3, 0.4) is 0 Å². The topological polar surface area (TPSA) is 17.3 Å². The molecule has 3 aromatic heterocycles. The van der Waals surface area contributed by atoms with Gasteiger partial charge in [-0.05, 0) is 74.0 Å². The molecule has 10 rings (SSSR count). The number of nitrogens with zero attached hydrogens (tertiary/aromatic N) is 2. The van der Waals surface area contributed by atoms with E-state index in [0.29, 0.717) is 0 Å². The van der Waals surface area contributed by atoms with E-state index in [1.165, 1.54) is 69.9 Å². The first kappa shape index (κ1) is 27.1. The highest BCUT2D eigenvalue weighted by atomic mass is 32.1. The third-order valence-corrected chi connectivity index (χ3v) is 10.8. The van der Waals surface area contributed by atoms with E-state index in [1.807, 2.05) is 11.3 Å². The Hall–Kier alpha value is -6.03. The third kappa shape index (κ3) is 4.22. The molecule has 3 heteroatoms. The number of para-hydroxylation sites is 2. The molecule has 0 aliphatic carbocycles. The lowest BCUT2D eigenvalue weighted by atomic mass is 9.91. The zero-order valence-corrected chi connectivity index (χ0v) is 26.8. The van der Waals surface area contributed by atoms with Crippen LogP contribution in [0.5, 0.6) is 0 Å². The Bertz CT molecular complexity index is 2810. The minimum Gasteiger partial charge on any atom is -0.291 e. The monoisotopic (exact) mass is 628 g/mol. The summed E-state index contributed by atoms with van der Waals surface area (Å²) in [6.45, 7) is 0. The zero-order valence-electron chi connectivity index (χ0n) is 26.0. The van der Waals surface area contributed by atoms with Crippen molar-refractivity contribution < 1.29 is 0 Å². The van der Waals surface area contributed by atoms with Gasteiger partial charge in [0, 0.05) is 15.5 Å². The van der Waals surface area contributed by atoms with Crippen LogP contribution < -0.4 is 0 Å². The number of hydrogen-bond donors (Lipinski definition) is 0. The summed E-state index contributed by atoms with van der Waals surface area (Å²) >= 11 is 1.83. The maximum Gasteiger partial charge on any atom is 0.156 e. The predicted molar refractivity (Wildman–Crippen MR) is 205 cm³/mol. The van der Waals surface area contributed by atoms with Crippen LogP contribution in [-0.4, -0.2) is 9.38 Å². The second kappa shape index (κ2) is 10.8. The molecule has 3 heterocycles. The molecule has 224 valence electrons. The Morgan fingerprint density at radius 1 is 0.417 bits per heavy atom. The molecular weight excluding hydrogens is 601 g/mol. The van der Waals surface area contributed by atoms with E-state index in [-0.39, 0.29) is 0 Å². The summed E-state index contributed by atoms with van der Waals surface area (Å²) in [6.07, 6.45) is 0. The number of rotatable bonds is 4. The molecule has 0 fully saturated rings. The van der Waals surface area contributed by atoms with E-state index in [0.717, 1.165) is 22.4 Å². The van der Waals surface area contributed by atoms with Crippen molar-refractivity contribution in [1.82, 2.24) is 9.38 Å². The highest BCUT2D eigenvalue weighted by molar-refractivity contribution is 7.26. The van der Waals surface area contributed by atoms with Crippen LogP contribution in [-0.2, 0) is 0 Å². The molecule has 48 heavy (non-hydrogen) atoms. The molecule has 0 amide bonds. The van der Waals surface area contributed by atoms with E-state index in [2.05, 4.69) is 174 Å². The van der Waals surface area contributed by atoms with Gasteiger partial charge < -0.3 is 0 Å². The maximum absolute atomic E-state index is 5.15. The number of thiophene rings is 1. The third-order valence-electron chi connectivity index (χ3n) is 9.64. The van der Waals surface area contributed by atoms with Gasteiger partial charge in [0.1, 0.15) is 0 Å². The average Bonchev–Trinajstić information content (AvgIpc) is 3.74. The molecule has 0 aliphatic heterocycles. The SMILES string of the molecule is c1ccc(-c2ccc(-c3ccc(-c4ccc(-c5cc6c7ccccc7sc6c6nc7ccccc7n56)cc4)c4ccccc34)cc2)cc1. The van der Waals surface area contributed by atoms with Crippen molar-refractivity contribution in [2.45, 2.75) is 0 Å². The molecule has 2 nitrogen and oxygen atoms in total. The van der Waals surface area contributed by atoms with Crippen LogP contribution in [0.15, 0.2) is 170 Å². The van der Waals surface area contributed by atoms with Crippen molar-refractivity contribution in [3.63, 3.8) is 0 Å². The highest BCUT2D eigenvalue weighted by Crippen LogP contribution is 2.41. The van der Waals surface area contributed by atoms with Gasteiger partial charge in [-0.1, -0.05) is 146 Å². The van der Waals surface area contributed by atoms with Gasteiger partial charge in [0.05, 0.1) is 21.4 Å². The summed E-state index contributed by atoms with van der Waals surface area (Å²) in [4.78, 5) is 5.15. The summed E-state index contributed by atoms with van der Waals surface area (Å²) in [5.41, 5.74) is 12.9. The van der Waals surface area contributed by atoms with Crippen molar-refractivity contribution in [1.29, 1.82) is 0 Å². The fraction of sp³-hybridized carbons (Fsp3) is 0. The van der Waals surface area contributed by atoms with Gasteiger partial charge in [-0.15, -0.1) is 11.3 Å². The van der Waals surface area contributed by atoms with Gasteiger partial charge in [-0.3, -0.25) is 4.40 Å². The zero-order chi connectivity index (χ0) is 31.6. The number of pyridine rings is 1. The lowest BCUT2D eigenvalue weighted by Gasteiger charge is -2.14. The van der Waals surface area contributed by atoms with Crippen molar-refractivity contribution in [2.75, 3.05) is 0 Å². The number of fused-ring (bicyclic) bond motifs is 8. The van der Waals surface area contributed by atoms with Crippen LogP contribution >= 0.6 is 11.3 Å². The van der Waals surface area contributed by atoms with Crippen LogP contribution in [0.2, 0.25) is 0 Å². The summed E-state index contributed by atoms with van der Waals surface area (Å²) in [5, 5.41) is 5.05. The van der Waals surface area contributed by atoms with Crippen molar-refractivity contribution in [3.8, 4) is 44.6 Å². The van der Waals surface area contributed by atoms with Crippen LogP contribution in [0.4, 0.5) is 0 Å². The first-order valence-electron chi connectivity index (χ1n) is 16.3. The number of imidazole rings is 1. The summed E-state index contributed by atoms with van der Waals surface area (Å²) in [6, 6.07) is 61.4. The van der Waals surface area contributed by atoms with E-state index < -0.39 is 0 Å². The molecule has 0 saturated heterocycles. The van der Waals surface area contributed by atoms with Gasteiger partial charge in [-0.25, -0.2) is 4.98 Å².